The van der Waals surface area contributed by atoms with Crippen molar-refractivity contribution in [2.24, 2.45) is 0 Å². The summed E-state index contributed by atoms with van der Waals surface area (Å²) in [4.78, 5) is 2.14. The molecule has 0 bridgehead atoms. The zero-order chi connectivity index (χ0) is 25.2. The maximum absolute atomic E-state index is 12.8. The standard InChI is InChI=1S/C27H37FN4O2S/c1-4-5-15-32-16-17-35(34)31(3)26-19-23(11-12-25(26)32)21(2)30-24(27(33)20-29-14-13-28)18-22-9-7-6-8-10-22/h5-12,15,19,24,27,29-30,33H,2,4,13-14,16-18,20H2,1,3H3/b15-5+. The van der Waals surface area contributed by atoms with Crippen molar-refractivity contribution < 1.29 is 13.7 Å². The Bertz CT molecular complexity index is 1020. The average molecular weight is 501 g/mol. The molecule has 3 rings (SSSR count). The van der Waals surface area contributed by atoms with Crippen LogP contribution in [0.25, 0.3) is 5.70 Å². The first kappa shape index (κ1) is 26.9. The van der Waals surface area contributed by atoms with E-state index in [9.17, 15) is 13.7 Å². The summed E-state index contributed by atoms with van der Waals surface area (Å²) in [6.45, 7) is 7.00. The number of halogens is 1. The van der Waals surface area contributed by atoms with Crippen LogP contribution < -0.4 is 19.8 Å². The van der Waals surface area contributed by atoms with Crippen molar-refractivity contribution in [1.29, 1.82) is 0 Å². The zero-order valence-electron chi connectivity index (χ0n) is 20.6. The third kappa shape index (κ3) is 7.40. The maximum Gasteiger partial charge on any atom is 0.121 e. The molecule has 8 heteroatoms. The lowest BCUT2D eigenvalue weighted by Gasteiger charge is -2.28. The summed E-state index contributed by atoms with van der Waals surface area (Å²) in [5.41, 5.74) is 4.47. The molecule has 3 unspecified atom stereocenters. The van der Waals surface area contributed by atoms with Crippen LogP contribution in [0.5, 0.6) is 0 Å². The molecule has 3 atom stereocenters. The van der Waals surface area contributed by atoms with Crippen LogP contribution in [0.3, 0.4) is 0 Å². The number of allylic oxidation sites excluding steroid dienone is 1. The molecule has 0 saturated heterocycles. The van der Waals surface area contributed by atoms with Crippen LogP contribution in [-0.2, 0) is 17.4 Å². The molecule has 2 aromatic rings. The first-order chi connectivity index (χ1) is 16.9. The fourth-order valence-corrected chi connectivity index (χ4v) is 5.05. The minimum Gasteiger partial charge on any atom is -0.390 e. The molecule has 1 aliphatic rings. The number of rotatable bonds is 12. The molecule has 0 amide bonds. The van der Waals surface area contributed by atoms with Crippen LogP contribution in [-0.4, -0.2) is 60.6 Å². The Morgan fingerprint density at radius 2 is 2.03 bits per heavy atom. The lowest BCUT2D eigenvalue weighted by atomic mass is 9.99. The van der Waals surface area contributed by atoms with Gasteiger partial charge in [-0.3, -0.25) is 4.31 Å². The van der Waals surface area contributed by atoms with E-state index in [0.717, 1.165) is 28.9 Å². The fourth-order valence-electron chi connectivity index (χ4n) is 4.05. The second-order valence-electron chi connectivity index (χ2n) is 8.59. The summed E-state index contributed by atoms with van der Waals surface area (Å²) in [6, 6.07) is 15.6. The minimum absolute atomic E-state index is 0.202. The van der Waals surface area contributed by atoms with Gasteiger partial charge in [-0.25, -0.2) is 8.60 Å². The highest BCUT2D eigenvalue weighted by molar-refractivity contribution is 7.86. The number of nitrogens with zero attached hydrogens (tertiary/aromatic N) is 2. The Morgan fingerprint density at radius 1 is 1.26 bits per heavy atom. The monoisotopic (exact) mass is 500 g/mol. The van der Waals surface area contributed by atoms with Gasteiger partial charge in [0.1, 0.15) is 17.7 Å². The van der Waals surface area contributed by atoms with Gasteiger partial charge >= 0.3 is 0 Å². The van der Waals surface area contributed by atoms with Gasteiger partial charge in [0.15, 0.2) is 0 Å². The van der Waals surface area contributed by atoms with Gasteiger partial charge in [0.2, 0.25) is 0 Å². The molecule has 0 fully saturated rings. The van der Waals surface area contributed by atoms with E-state index in [0.29, 0.717) is 24.4 Å². The molecule has 3 N–H and O–H groups in total. The molecule has 35 heavy (non-hydrogen) atoms. The van der Waals surface area contributed by atoms with Crippen molar-refractivity contribution in [3.8, 4) is 0 Å². The van der Waals surface area contributed by atoms with Gasteiger partial charge in [-0.1, -0.05) is 56.0 Å². The van der Waals surface area contributed by atoms with E-state index in [1.807, 2.05) is 59.9 Å². The second-order valence-corrected chi connectivity index (χ2v) is 10.2. The number of nitrogens with one attached hydrogen (secondary N) is 2. The van der Waals surface area contributed by atoms with Crippen molar-refractivity contribution in [1.82, 2.24) is 10.6 Å². The van der Waals surface area contributed by atoms with E-state index in [4.69, 9.17) is 0 Å². The number of anilines is 2. The summed E-state index contributed by atoms with van der Waals surface area (Å²) in [5, 5.41) is 17.2. The molecule has 0 aromatic heterocycles. The Balaban J connectivity index is 1.84. The number of hydrogen-bond donors (Lipinski definition) is 3. The fraction of sp³-hybridized carbons (Fsp3) is 0.407. The van der Waals surface area contributed by atoms with Gasteiger partial charge in [0.25, 0.3) is 0 Å². The molecule has 0 saturated carbocycles. The second kappa shape index (κ2) is 13.4. The average Bonchev–Trinajstić information content (AvgIpc) is 2.99. The summed E-state index contributed by atoms with van der Waals surface area (Å²) < 4.78 is 27.1. The number of hydrogen-bond acceptors (Lipinski definition) is 5. The van der Waals surface area contributed by atoms with E-state index < -0.39 is 23.8 Å². The Hall–Kier alpha value is -2.68. The van der Waals surface area contributed by atoms with E-state index in [2.05, 4.69) is 41.3 Å². The predicted molar refractivity (Wildman–Crippen MR) is 146 cm³/mol. The van der Waals surface area contributed by atoms with Gasteiger partial charge < -0.3 is 20.6 Å². The summed E-state index contributed by atoms with van der Waals surface area (Å²) in [6.07, 6.45) is 4.92. The van der Waals surface area contributed by atoms with Crippen molar-refractivity contribution in [3.05, 3.63) is 78.5 Å². The molecule has 1 aliphatic heterocycles. The van der Waals surface area contributed by atoms with Gasteiger partial charge in [-0.15, -0.1) is 0 Å². The topological polar surface area (TPSA) is 67.8 Å². The van der Waals surface area contributed by atoms with E-state index in [-0.39, 0.29) is 19.1 Å². The van der Waals surface area contributed by atoms with Crippen LogP contribution in [0, 0.1) is 0 Å². The molecule has 190 valence electrons. The molecule has 0 spiro atoms. The number of benzene rings is 2. The number of aliphatic hydroxyl groups is 1. The summed E-state index contributed by atoms with van der Waals surface area (Å²) >= 11 is 0. The Kier molecular flexibility index (Phi) is 10.3. The summed E-state index contributed by atoms with van der Waals surface area (Å²) in [7, 11) is 0.716. The number of aliphatic hydroxyl groups excluding tert-OH is 1. The van der Waals surface area contributed by atoms with Gasteiger partial charge in [0.05, 0.1) is 29.3 Å². The Labute approximate surface area is 211 Å². The molecule has 2 aromatic carbocycles. The molecule has 0 aliphatic carbocycles. The highest BCUT2D eigenvalue weighted by atomic mass is 32.2. The molecule has 0 radical (unpaired) electrons. The zero-order valence-corrected chi connectivity index (χ0v) is 21.4. The largest absolute Gasteiger partial charge is 0.390 e. The van der Waals surface area contributed by atoms with E-state index in [1.165, 1.54) is 0 Å². The van der Waals surface area contributed by atoms with E-state index >= 15 is 0 Å². The highest BCUT2D eigenvalue weighted by Gasteiger charge is 2.24. The summed E-state index contributed by atoms with van der Waals surface area (Å²) in [5.74, 6) is 0.547. The smallest absolute Gasteiger partial charge is 0.121 e. The van der Waals surface area contributed by atoms with Crippen molar-refractivity contribution >= 4 is 28.1 Å². The van der Waals surface area contributed by atoms with Crippen molar-refractivity contribution in [2.45, 2.75) is 31.9 Å². The van der Waals surface area contributed by atoms with Crippen LogP contribution in [0.1, 0.15) is 24.5 Å². The predicted octanol–water partition coefficient (Wildman–Crippen LogP) is 3.62. The highest BCUT2D eigenvalue weighted by Crippen LogP contribution is 2.34. The maximum atomic E-state index is 12.8. The first-order valence-corrected chi connectivity index (χ1v) is 13.4. The molecular weight excluding hydrogens is 463 g/mol. The first-order valence-electron chi connectivity index (χ1n) is 12.1. The lowest BCUT2D eigenvalue weighted by Crippen LogP contribution is -2.46. The third-order valence-electron chi connectivity index (χ3n) is 6.05. The van der Waals surface area contributed by atoms with Crippen LogP contribution >= 0.6 is 0 Å². The Morgan fingerprint density at radius 3 is 2.74 bits per heavy atom. The quantitative estimate of drug-likeness (QED) is 0.389. The lowest BCUT2D eigenvalue weighted by molar-refractivity contribution is 0.132. The van der Waals surface area contributed by atoms with Crippen LogP contribution in [0.4, 0.5) is 15.8 Å². The van der Waals surface area contributed by atoms with Crippen molar-refractivity contribution in [3.63, 3.8) is 0 Å². The van der Waals surface area contributed by atoms with Gasteiger partial charge in [0, 0.05) is 38.6 Å². The van der Waals surface area contributed by atoms with Crippen molar-refractivity contribution in [2.75, 3.05) is 48.3 Å². The molecular formula is C27H37FN4O2S. The van der Waals surface area contributed by atoms with Gasteiger partial charge in [-0.2, -0.15) is 0 Å². The normalized spacial score (nSPS) is 17.7. The molecule has 6 nitrogen and oxygen atoms in total. The number of fused-ring (bicyclic) bond motifs is 1. The minimum atomic E-state index is -1.13. The SMILES string of the molecule is C=C(NC(Cc1ccccc1)C(O)CNCCF)c1ccc2c(c1)N(C)S(=O)CCN2/C=C/CC. The van der Waals surface area contributed by atoms with Gasteiger partial charge in [-0.05, 0) is 36.1 Å². The third-order valence-corrected chi connectivity index (χ3v) is 7.39. The molecule has 1 heterocycles. The van der Waals surface area contributed by atoms with E-state index in [1.54, 1.807) is 0 Å². The van der Waals surface area contributed by atoms with Crippen LogP contribution in [0.15, 0.2) is 67.4 Å². The van der Waals surface area contributed by atoms with Crippen LogP contribution in [0.2, 0.25) is 0 Å². The number of alkyl halides is 1.